The largest absolute Gasteiger partial charge is 0.326 e. The van der Waals surface area contributed by atoms with E-state index in [1.54, 1.807) is 0 Å². The number of hydrogen-bond donors (Lipinski definition) is 1. The van der Waals surface area contributed by atoms with Crippen molar-refractivity contribution in [2.24, 2.45) is 0 Å². The molecule has 0 bridgehead atoms. The summed E-state index contributed by atoms with van der Waals surface area (Å²) < 4.78 is 47.1. The Bertz CT molecular complexity index is 508. The van der Waals surface area contributed by atoms with Crippen LogP contribution in [0.5, 0.6) is 0 Å². The molecule has 0 heterocycles. The van der Waals surface area contributed by atoms with Crippen LogP contribution in [0.25, 0.3) is 0 Å². The Morgan fingerprint density at radius 2 is 1.76 bits per heavy atom. The van der Waals surface area contributed by atoms with Gasteiger partial charge < -0.3 is 5.32 Å². The molecule has 1 N–H and O–H groups in total. The van der Waals surface area contributed by atoms with Crippen molar-refractivity contribution < 1.29 is 22.0 Å². The summed E-state index contributed by atoms with van der Waals surface area (Å²) in [6.07, 6.45) is 0.749. The molecule has 1 rings (SSSR count). The van der Waals surface area contributed by atoms with E-state index in [9.17, 15) is 22.0 Å². The lowest BCUT2D eigenvalue weighted by molar-refractivity contribution is -0.115. The van der Waals surface area contributed by atoms with Crippen LogP contribution in [-0.2, 0) is 14.6 Å². The first-order valence-electron chi connectivity index (χ1n) is 4.70. The van der Waals surface area contributed by atoms with Crippen LogP contribution in [0.1, 0.15) is 6.42 Å². The predicted octanol–water partition coefficient (Wildman–Crippen LogP) is 1.34. The third-order valence-electron chi connectivity index (χ3n) is 1.85. The van der Waals surface area contributed by atoms with E-state index in [1.165, 1.54) is 0 Å². The zero-order valence-corrected chi connectivity index (χ0v) is 9.85. The molecule has 0 saturated heterocycles. The number of carbonyl (C=O) groups is 1. The van der Waals surface area contributed by atoms with Gasteiger partial charge in [-0.15, -0.1) is 0 Å². The van der Waals surface area contributed by atoms with Crippen LogP contribution in [0.3, 0.4) is 0 Å². The number of rotatable bonds is 4. The van der Waals surface area contributed by atoms with Gasteiger partial charge in [0.05, 0.1) is 5.75 Å². The lowest BCUT2D eigenvalue weighted by Gasteiger charge is -2.05. The fourth-order valence-corrected chi connectivity index (χ4v) is 1.68. The summed E-state index contributed by atoms with van der Waals surface area (Å²) in [5.74, 6) is -2.55. The second-order valence-electron chi connectivity index (χ2n) is 3.59. The molecule has 0 spiro atoms. The maximum absolute atomic E-state index is 12.8. The van der Waals surface area contributed by atoms with Gasteiger partial charge in [0, 0.05) is 24.4 Å². The van der Waals surface area contributed by atoms with Gasteiger partial charge in [0.1, 0.15) is 21.5 Å². The molecule has 0 aliphatic rings. The third kappa shape index (κ3) is 5.39. The van der Waals surface area contributed by atoms with Crippen LogP contribution in [0.2, 0.25) is 0 Å². The highest BCUT2D eigenvalue weighted by atomic mass is 32.2. The molecular formula is C10H11F2NO3S. The average molecular weight is 263 g/mol. The van der Waals surface area contributed by atoms with Crippen LogP contribution in [-0.4, -0.2) is 26.3 Å². The lowest BCUT2D eigenvalue weighted by atomic mass is 10.3. The van der Waals surface area contributed by atoms with Gasteiger partial charge in [-0.25, -0.2) is 17.2 Å². The minimum absolute atomic E-state index is 0.0407. The first kappa shape index (κ1) is 13.6. The summed E-state index contributed by atoms with van der Waals surface area (Å²) in [5.41, 5.74) is -0.0407. The predicted molar refractivity (Wildman–Crippen MR) is 59.3 cm³/mol. The van der Waals surface area contributed by atoms with E-state index in [2.05, 4.69) is 5.32 Å². The summed E-state index contributed by atoms with van der Waals surface area (Å²) in [4.78, 5) is 11.3. The van der Waals surface area contributed by atoms with Crippen molar-refractivity contribution in [3.8, 4) is 0 Å². The van der Waals surface area contributed by atoms with Crippen LogP contribution >= 0.6 is 0 Å². The first-order valence-corrected chi connectivity index (χ1v) is 6.76. The van der Waals surface area contributed by atoms with E-state index < -0.39 is 27.4 Å². The topological polar surface area (TPSA) is 63.2 Å². The second-order valence-corrected chi connectivity index (χ2v) is 5.85. The number of carbonyl (C=O) groups excluding carboxylic acids is 1. The summed E-state index contributed by atoms with van der Waals surface area (Å²) in [6, 6.07) is 2.56. The Kier molecular flexibility index (Phi) is 4.17. The zero-order valence-electron chi connectivity index (χ0n) is 9.04. The Balaban J connectivity index is 2.62. The highest BCUT2D eigenvalue weighted by molar-refractivity contribution is 7.90. The average Bonchev–Trinajstić information content (AvgIpc) is 2.11. The molecule has 0 unspecified atom stereocenters. The number of sulfone groups is 1. The van der Waals surface area contributed by atoms with Crippen LogP contribution in [0, 0.1) is 11.6 Å². The van der Waals surface area contributed by atoms with Gasteiger partial charge in [-0.3, -0.25) is 4.79 Å². The Morgan fingerprint density at radius 3 is 2.24 bits per heavy atom. The van der Waals surface area contributed by atoms with Gasteiger partial charge in [-0.05, 0) is 12.1 Å². The SMILES string of the molecule is CS(=O)(=O)CCC(=O)Nc1cc(F)cc(F)c1. The van der Waals surface area contributed by atoms with Crippen molar-refractivity contribution in [2.45, 2.75) is 6.42 Å². The lowest BCUT2D eigenvalue weighted by Crippen LogP contribution is -2.16. The molecule has 0 aliphatic carbocycles. The number of benzene rings is 1. The van der Waals surface area contributed by atoms with E-state index in [1.807, 2.05) is 0 Å². The van der Waals surface area contributed by atoms with Crippen LogP contribution in [0.15, 0.2) is 18.2 Å². The number of halogens is 2. The van der Waals surface area contributed by atoms with Gasteiger partial charge >= 0.3 is 0 Å². The zero-order chi connectivity index (χ0) is 13.1. The molecule has 1 amide bonds. The monoisotopic (exact) mass is 263 g/mol. The molecule has 0 fully saturated rings. The molecule has 7 heteroatoms. The molecule has 1 aromatic rings. The molecule has 94 valence electrons. The minimum Gasteiger partial charge on any atom is -0.326 e. The maximum atomic E-state index is 12.8. The second kappa shape index (κ2) is 5.22. The summed E-state index contributed by atoms with van der Waals surface area (Å²) in [6.45, 7) is 0. The quantitative estimate of drug-likeness (QED) is 0.891. The van der Waals surface area contributed by atoms with Crippen LogP contribution < -0.4 is 5.32 Å². The third-order valence-corrected chi connectivity index (χ3v) is 2.79. The van der Waals surface area contributed by atoms with E-state index in [-0.39, 0.29) is 17.9 Å². The molecule has 1 aromatic carbocycles. The number of nitrogens with one attached hydrogen (secondary N) is 1. The van der Waals surface area contributed by atoms with Crippen molar-refractivity contribution in [1.29, 1.82) is 0 Å². The van der Waals surface area contributed by atoms with Crippen molar-refractivity contribution in [2.75, 3.05) is 17.3 Å². The van der Waals surface area contributed by atoms with Crippen molar-refractivity contribution in [3.63, 3.8) is 0 Å². The number of anilines is 1. The van der Waals surface area contributed by atoms with Crippen molar-refractivity contribution >= 4 is 21.4 Å². The van der Waals surface area contributed by atoms with E-state index in [0.717, 1.165) is 18.4 Å². The molecule has 17 heavy (non-hydrogen) atoms. The maximum Gasteiger partial charge on any atom is 0.225 e. The fourth-order valence-electron chi connectivity index (χ4n) is 1.13. The molecule has 4 nitrogen and oxygen atoms in total. The fraction of sp³-hybridized carbons (Fsp3) is 0.300. The Hall–Kier alpha value is -1.50. The minimum atomic E-state index is -3.24. The van der Waals surface area contributed by atoms with E-state index in [0.29, 0.717) is 6.07 Å². The summed E-state index contributed by atoms with van der Waals surface area (Å²) in [7, 11) is -3.24. The molecular weight excluding hydrogens is 252 g/mol. The molecule has 0 saturated carbocycles. The van der Waals surface area contributed by atoms with Crippen molar-refractivity contribution in [1.82, 2.24) is 0 Å². The normalized spacial score (nSPS) is 11.2. The van der Waals surface area contributed by atoms with Gasteiger partial charge in [0.2, 0.25) is 5.91 Å². The highest BCUT2D eigenvalue weighted by Crippen LogP contribution is 2.13. The van der Waals surface area contributed by atoms with Gasteiger partial charge in [-0.1, -0.05) is 0 Å². The molecule has 0 atom stereocenters. The van der Waals surface area contributed by atoms with Crippen molar-refractivity contribution in [3.05, 3.63) is 29.8 Å². The smallest absolute Gasteiger partial charge is 0.225 e. The van der Waals surface area contributed by atoms with Crippen LogP contribution in [0.4, 0.5) is 14.5 Å². The van der Waals surface area contributed by atoms with E-state index >= 15 is 0 Å². The summed E-state index contributed by atoms with van der Waals surface area (Å²) >= 11 is 0. The first-order chi connectivity index (χ1) is 7.76. The van der Waals surface area contributed by atoms with Gasteiger partial charge in [-0.2, -0.15) is 0 Å². The van der Waals surface area contributed by atoms with E-state index in [4.69, 9.17) is 0 Å². The molecule has 0 radical (unpaired) electrons. The number of hydrogen-bond acceptors (Lipinski definition) is 3. The molecule has 0 aromatic heterocycles. The Morgan fingerprint density at radius 1 is 1.24 bits per heavy atom. The highest BCUT2D eigenvalue weighted by Gasteiger charge is 2.09. The standard InChI is InChI=1S/C10H11F2NO3S/c1-17(15,16)3-2-10(14)13-9-5-7(11)4-8(12)6-9/h4-6H,2-3H2,1H3,(H,13,14). The molecule has 0 aliphatic heterocycles. The Labute approximate surface area is 97.6 Å². The van der Waals surface area contributed by atoms with Gasteiger partial charge in [0.25, 0.3) is 0 Å². The van der Waals surface area contributed by atoms with Gasteiger partial charge in [0.15, 0.2) is 0 Å². The number of amides is 1. The summed E-state index contributed by atoms with van der Waals surface area (Å²) in [5, 5.41) is 2.21.